The molecule has 0 unspecified atom stereocenters. The highest BCUT2D eigenvalue weighted by molar-refractivity contribution is 6.30. The molecule has 0 aliphatic carbocycles. The van der Waals surface area contributed by atoms with Gasteiger partial charge >= 0.3 is 0 Å². The van der Waals surface area contributed by atoms with Gasteiger partial charge in [-0.05, 0) is 25.0 Å². The van der Waals surface area contributed by atoms with E-state index in [1.54, 1.807) is 24.0 Å². The highest BCUT2D eigenvalue weighted by atomic mass is 35.5. The average molecular weight is 307 g/mol. The van der Waals surface area contributed by atoms with Crippen molar-refractivity contribution in [3.8, 4) is 0 Å². The molecule has 1 aliphatic rings. The molecular formula is C14H15ClN4O2. The van der Waals surface area contributed by atoms with Crippen LogP contribution in [0.5, 0.6) is 0 Å². The number of nitrogens with zero attached hydrogens (tertiary/aromatic N) is 4. The molecule has 21 heavy (non-hydrogen) atoms. The molecule has 3 rings (SSSR count). The van der Waals surface area contributed by atoms with E-state index in [0.717, 1.165) is 19.4 Å². The first-order chi connectivity index (χ1) is 10.1. The summed E-state index contributed by atoms with van der Waals surface area (Å²) in [4.78, 5) is 22.6. The Morgan fingerprint density at radius 3 is 3.00 bits per heavy atom. The Kier molecular flexibility index (Phi) is 3.88. The number of pyridine rings is 1. The summed E-state index contributed by atoms with van der Waals surface area (Å²) in [5.41, 5.74) is 0.407. The van der Waals surface area contributed by atoms with Crippen LogP contribution in [0.25, 0.3) is 0 Å². The Balaban J connectivity index is 1.73. The predicted octanol–water partition coefficient (Wildman–Crippen LogP) is 2.45. The molecule has 0 bridgehead atoms. The summed E-state index contributed by atoms with van der Waals surface area (Å²) in [5.74, 6) is 1.26. The molecule has 110 valence electrons. The average Bonchev–Trinajstić information content (AvgIpc) is 2.94. The number of hydrogen-bond acceptors (Lipinski definition) is 5. The minimum atomic E-state index is -0.0865. The molecule has 0 N–H and O–H groups in total. The molecule has 1 aliphatic heterocycles. The third kappa shape index (κ3) is 3.05. The summed E-state index contributed by atoms with van der Waals surface area (Å²) in [5, 5.41) is 4.48. The molecule has 0 spiro atoms. The van der Waals surface area contributed by atoms with Gasteiger partial charge in [0, 0.05) is 32.1 Å². The Morgan fingerprint density at radius 1 is 1.48 bits per heavy atom. The Morgan fingerprint density at radius 2 is 2.33 bits per heavy atom. The molecule has 6 nitrogen and oxygen atoms in total. The highest BCUT2D eigenvalue weighted by Gasteiger charge is 2.28. The summed E-state index contributed by atoms with van der Waals surface area (Å²) in [6.07, 6.45) is 3.35. The zero-order valence-electron chi connectivity index (χ0n) is 11.6. The summed E-state index contributed by atoms with van der Waals surface area (Å²) >= 11 is 5.79. The number of piperidine rings is 1. The van der Waals surface area contributed by atoms with Gasteiger partial charge in [-0.2, -0.15) is 4.98 Å². The first-order valence-corrected chi connectivity index (χ1v) is 7.22. The predicted molar refractivity (Wildman–Crippen MR) is 76.2 cm³/mol. The van der Waals surface area contributed by atoms with Crippen LogP contribution in [-0.2, 0) is 0 Å². The lowest BCUT2D eigenvalue weighted by Crippen LogP contribution is -2.39. The number of aryl methyl sites for hydroxylation is 1. The van der Waals surface area contributed by atoms with Crippen LogP contribution in [0.15, 0.2) is 22.9 Å². The van der Waals surface area contributed by atoms with E-state index in [1.165, 1.54) is 6.20 Å². The van der Waals surface area contributed by atoms with Gasteiger partial charge in [0.1, 0.15) is 5.69 Å². The van der Waals surface area contributed by atoms with Crippen LogP contribution in [0.4, 0.5) is 0 Å². The second-order valence-electron chi connectivity index (χ2n) is 5.12. The van der Waals surface area contributed by atoms with E-state index in [9.17, 15) is 4.79 Å². The Bertz CT molecular complexity index is 641. The fraction of sp³-hybridized carbons (Fsp3) is 0.429. The van der Waals surface area contributed by atoms with Crippen LogP contribution in [0.3, 0.4) is 0 Å². The Labute approximate surface area is 127 Å². The molecule has 1 amide bonds. The molecule has 1 fully saturated rings. The van der Waals surface area contributed by atoms with Crippen molar-refractivity contribution >= 4 is 17.5 Å². The lowest BCUT2D eigenvalue weighted by Gasteiger charge is -2.31. The van der Waals surface area contributed by atoms with Gasteiger partial charge in [-0.1, -0.05) is 16.8 Å². The summed E-state index contributed by atoms with van der Waals surface area (Å²) in [7, 11) is 0. The van der Waals surface area contributed by atoms with Gasteiger partial charge in [0.15, 0.2) is 5.82 Å². The number of carbonyl (C=O) groups is 1. The molecule has 0 radical (unpaired) electrons. The van der Waals surface area contributed by atoms with Crippen molar-refractivity contribution in [2.45, 2.75) is 25.7 Å². The number of aromatic nitrogens is 3. The van der Waals surface area contributed by atoms with E-state index in [4.69, 9.17) is 16.1 Å². The lowest BCUT2D eigenvalue weighted by molar-refractivity contribution is 0.0697. The van der Waals surface area contributed by atoms with Gasteiger partial charge in [0.05, 0.1) is 5.02 Å². The van der Waals surface area contributed by atoms with Gasteiger partial charge in [0.2, 0.25) is 5.89 Å². The van der Waals surface area contributed by atoms with Gasteiger partial charge in [-0.25, -0.2) is 4.98 Å². The first kappa shape index (κ1) is 14.0. The van der Waals surface area contributed by atoms with Crippen LogP contribution in [0.1, 0.15) is 41.0 Å². The van der Waals surface area contributed by atoms with Gasteiger partial charge in [0.25, 0.3) is 5.91 Å². The van der Waals surface area contributed by atoms with Gasteiger partial charge < -0.3 is 9.42 Å². The van der Waals surface area contributed by atoms with Crippen LogP contribution in [-0.4, -0.2) is 39.0 Å². The SMILES string of the molecule is Cc1nc([C@@H]2CCCN(C(=O)c3ccc(Cl)cn3)C2)no1. The number of likely N-dealkylation sites (tertiary alicyclic amines) is 1. The molecular weight excluding hydrogens is 292 g/mol. The molecule has 2 aromatic heterocycles. The van der Waals surface area contributed by atoms with Crippen LogP contribution in [0, 0.1) is 6.92 Å². The van der Waals surface area contributed by atoms with Crippen molar-refractivity contribution in [3.63, 3.8) is 0 Å². The normalized spacial score (nSPS) is 18.8. The van der Waals surface area contributed by atoms with E-state index in [2.05, 4.69) is 15.1 Å². The van der Waals surface area contributed by atoms with Crippen LogP contribution >= 0.6 is 11.6 Å². The first-order valence-electron chi connectivity index (χ1n) is 6.84. The molecule has 0 saturated carbocycles. The minimum Gasteiger partial charge on any atom is -0.340 e. The van der Waals surface area contributed by atoms with Gasteiger partial charge in [-0.3, -0.25) is 4.79 Å². The monoisotopic (exact) mass is 306 g/mol. The maximum atomic E-state index is 12.4. The van der Waals surface area contributed by atoms with E-state index in [0.29, 0.717) is 29.0 Å². The molecule has 7 heteroatoms. The number of amides is 1. The molecule has 0 aromatic carbocycles. The van der Waals surface area contributed by atoms with E-state index < -0.39 is 0 Å². The third-order valence-corrected chi connectivity index (χ3v) is 3.79. The molecule has 1 atom stereocenters. The largest absolute Gasteiger partial charge is 0.340 e. The minimum absolute atomic E-state index is 0.0865. The molecule has 3 heterocycles. The second-order valence-corrected chi connectivity index (χ2v) is 5.56. The summed E-state index contributed by atoms with van der Waals surface area (Å²) < 4.78 is 5.02. The third-order valence-electron chi connectivity index (χ3n) is 3.56. The lowest BCUT2D eigenvalue weighted by atomic mass is 9.97. The molecule has 2 aromatic rings. The smallest absolute Gasteiger partial charge is 0.272 e. The van der Waals surface area contributed by atoms with E-state index in [1.807, 2.05) is 0 Å². The molecule has 1 saturated heterocycles. The van der Waals surface area contributed by atoms with Gasteiger partial charge in [-0.15, -0.1) is 0 Å². The Hall–Kier alpha value is -1.95. The maximum Gasteiger partial charge on any atom is 0.272 e. The number of carbonyl (C=O) groups excluding carboxylic acids is 1. The zero-order valence-corrected chi connectivity index (χ0v) is 12.4. The van der Waals surface area contributed by atoms with Crippen LogP contribution < -0.4 is 0 Å². The zero-order chi connectivity index (χ0) is 14.8. The number of hydrogen-bond donors (Lipinski definition) is 0. The number of rotatable bonds is 2. The van der Waals surface area contributed by atoms with Crippen molar-refractivity contribution in [2.24, 2.45) is 0 Å². The highest BCUT2D eigenvalue weighted by Crippen LogP contribution is 2.25. The van der Waals surface area contributed by atoms with Crippen molar-refractivity contribution in [1.29, 1.82) is 0 Å². The summed E-state index contributed by atoms with van der Waals surface area (Å²) in [6, 6.07) is 3.32. The standard InChI is InChI=1S/C14H15ClN4O2/c1-9-17-13(18-21-9)10-3-2-6-19(8-10)14(20)12-5-4-11(15)7-16-12/h4-5,7,10H,2-3,6,8H2,1H3/t10-/m1/s1. The topological polar surface area (TPSA) is 72.1 Å². The van der Waals surface area contributed by atoms with E-state index >= 15 is 0 Å². The van der Waals surface area contributed by atoms with Crippen LogP contribution in [0.2, 0.25) is 5.02 Å². The van der Waals surface area contributed by atoms with Crippen molar-refractivity contribution in [2.75, 3.05) is 13.1 Å². The van der Waals surface area contributed by atoms with Crippen molar-refractivity contribution < 1.29 is 9.32 Å². The maximum absolute atomic E-state index is 12.4. The van der Waals surface area contributed by atoms with Crippen molar-refractivity contribution in [1.82, 2.24) is 20.0 Å². The summed E-state index contributed by atoms with van der Waals surface area (Å²) in [6.45, 7) is 3.07. The van der Waals surface area contributed by atoms with E-state index in [-0.39, 0.29) is 11.8 Å². The van der Waals surface area contributed by atoms with Crippen molar-refractivity contribution in [3.05, 3.63) is 40.8 Å². The fourth-order valence-corrected chi connectivity index (χ4v) is 2.63. The fourth-order valence-electron chi connectivity index (χ4n) is 2.52. The number of halogens is 1. The quantitative estimate of drug-likeness (QED) is 0.852. The second kappa shape index (κ2) is 5.81.